The summed E-state index contributed by atoms with van der Waals surface area (Å²) in [7, 11) is 1.79. The molecule has 0 bridgehead atoms. The molecule has 1 aromatic heterocycles. The van der Waals surface area contributed by atoms with Crippen molar-refractivity contribution in [3.05, 3.63) is 93.3 Å². The third kappa shape index (κ3) is 3.35. The Bertz CT molecular complexity index is 1260. The molecule has 138 valence electrons. The molecule has 7 heteroatoms. The summed E-state index contributed by atoms with van der Waals surface area (Å²) < 4.78 is 2.47. The Hall–Kier alpha value is -3.58. The van der Waals surface area contributed by atoms with Crippen LogP contribution in [0.5, 0.6) is 0 Å². The number of hydrogen-bond acceptors (Lipinski definition) is 4. The number of non-ortho nitro benzene ring substituents is 1. The monoisotopic (exact) mass is 389 g/mol. The van der Waals surface area contributed by atoms with Crippen LogP contribution < -0.4 is 4.80 Å². The van der Waals surface area contributed by atoms with Gasteiger partial charge in [-0.1, -0.05) is 53.8 Å². The Morgan fingerprint density at radius 1 is 1.00 bits per heavy atom. The zero-order valence-corrected chi connectivity index (χ0v) is 15.7. The highest BCUT2D eigenvalue weighted by atomic mass is 32.1. The zero-order valence-electron chi connectivity index (χ0n) is 14.9. The van der Waals surface area contributed by atoms with E-state index in [4.69, 9.17) is 0 Å². The summed E-state index contributed by atoms with van der Waals surface area (Å²) in [5, 5.41) is 11.0. The lowest BCUT2D eigenvalue weighted by molar-refractivity contribution is -0.384. The molecule has 1 heterocycles. The molecule has 0 saturated heterocycles. The van der Waals surface area contributed by atoms with Crippen LogP contribution in [-0.4, -0.2) is 15.4 Å². The van der Waals surface area contributed by atoms with Crippen LogP contribution in [0.15, 0.2) is 77.8 Å². The van der Waals surface area contributed by atoms with E-state index >= 15 is 0 Å². The summed E-state index contributed by atoms with van der Waals surface area (Å²) in [6.07, 6.45) is 0. The number of benzene rings is 3. The Balaban J connectivity index is 1.68. The first-order valence-corrected chi connectivity index (χ1v) is 9.33. The molecule has 0 radical (unpaired) electrons. The van der Waals surface area contributed by atoms with Gasteiger partial charge in [-0.05, 0) is 29.3 Å². The van der Waals surface area contributed by atoms with E-state index in [0.717, 1.165) is 16.6 Å². The van der Waals surface area contributed by atoms with E-state index < -0.39 is 4.92 Å². The van der Waals surface area contributed by atoms with E-state index in [2.05, 4.69) is 4.99 Å². The topological polar surface area (TPSA) is 77.5 Å². The molecule has 4 rings (SSSR count). The molecule has 0 aliphatic heterocycles. The van der Waals surface area contributed by atoms with Crippen LogP contribution in [0, 0.1) is 10.1 Å². The first kappa shape index (κ1) is 17.8. The molecular formula is C21H15N3O3S. The fourth-order valence-corrected chi connectivity index (χ4v) is 3.98. The molecule has 0 aliphatic carbocycles. The molecule has 0 saturated carbocycles. The van der Waals surface area contributed by atoms with Crippen LogP contribution in [0.25, 0.3) is 21.3 Å². The van der Waals surface area contributed by atoms with Crippen molar-refractivity contribution in [3.8, 4) is 11.1 Å². The van der Waals surface area contributed by atoms with Crippen LogP contribution in [0.4, 0.5) is 5.69 Å². The van der Waals surface area contributed by atoms with Crippen LogP contribution >= 0.6 is 11.3 Å². The van der Waals surface area contributed by atoms with Gasteiger partial charge >= 0.3 is 0 Å². The summed E-state index contributed by atoms with van der Waals surface area (Å²) in [4.78, 5) is 27.8. The standard InChI is InChI=1S/C21H15N3O3S/c1-23-18-12-11-17(24(26)27)13-19(18)28-21(23)22-20(25)16-9-7-15(8-10-16)14-5-3-2-4-6-14/h2-13H,1H3. The second-order valence-electron chi connectivity index (χ2n) is 6.21. The first-order chi connectivity index (χ1) is 13.5. The number of amides is 1. The molecule has 28 heavy (non-hydrogen) atoms. The van der Waals surface area contributed by atoms with Gasteiger partial charge in [0.1, 0.15) is 0 Å². The summed E-state index contributed by atoms with van der Waals surface area (Å²) >= 11 is 1.25. The molecule has 0 spiro atoms. The minimum atomic E-state index is -0.435. The minimum absolute atomic E-state index is 0.0173. The third-order valence-electron chi connectivity index (χ3n) is 4.44. The number of hydrogen-bond donors (Lipinski definition) is 0. The lowest BCUT2D eigenvalue weighted by Gasteiger charge is -2.02. The fraction of sp³-hybridized carbons (Fsp3) is 0.0476. The van der Waals surface area contributed by atoms with Gasteiger partial charge in [-0.2, -0.15) is 4.99 Å². The largest absolute Gasteiger partial charge is 0.319 e. The molecule has 6 nitrogen and oxygen atoms in total. The van der Waals surface area contributed by atoms with Crippen molar-refractivity contribution in [2.24, 2.45) is 12.0 Å². The average molecular weight is 389 g/mol. The number of aromatic nitrogens is 1. The van der Waals surface area contributed by atoms with Crippen molar-refractivity contribution in [2.45, 2.75) is 0 Å². The Labute approximate surface area is 164 Å². The van der Waals surface area contributed by atoms with Crippen LogP contribution in [0.1, 0.15) is 10.4 Å². The number of aryl methyl sites for hydroxylation is 1. The maximum absolute atomic E-state index is 12.6. The Kier molecular flexibility index (Phi) is 4.58. The number of rotatable bonds is 3. The molecule has 1 amide bonds. The Morgan fingerprint density at radius 3 is 2.36 bits per heavy atom. The van der Waals surface area contributed by atoms with Crippen LogP contribution in [-0.2, 0) is 7.05 Å². The van der Waals surface area contributed by atoms with Crippen molar-refractivity contribution in [3.63, 3.8) is 0 Å². The van der Waals surface area contributed by atoms with Gasteiger partial charge in [0.05, 0.1) is 15.1 Å². The maximum Gasteiger partial charge on any atom is 0.279 e. The number of carbonyl (C=O) groups excluding carboxylic acids is 1. The molecule has 4 aromatic rings. The third-order valence-corrected chi connectivity index (χ3v) is 5.53. The second-order valence-corrected chi connectivity index (χ2v) is 7.22. The molecule has 0 unspecified atom stereocenters. The van der Waals surface area contributed by atoms with Crippen molar-refractivity contribution in [1.29, 1.82) is 0 Å². The zero-order chi connectivity index (χ0) is 19.7. The van der Waals surface area contributed by atoms with Crippen LogP contribution in [0.2, 0.25) is 0 Å². The smallest absolute Gasteiger partial charge is 0.279 e. The van der Waals surface area contributed by atoms with Crippen LogP contribution in [0.3, 0.4) is 0 Å². The Morgan fingerprint density at radius 2 is 1.68 bits per heavy atom. The van der Waals surface area contributed by atoms with Gasteiger partial charge in [-0.25, -0.2) is 0 Å². The number of fused-ring (bicyclic) bond motifs is 1. The molecular weight excluding hydrogens is 374 g/mol. The van der Waals surface area contributed by atoms with Crippen molar-refractivity contribution in [1.82, 2.24) is 4.57 Å². The predicted octanol–water partition coefficient (Wildman–Crippen LogP) is 4.56. The highest BCUT2D eigenvalue weighted by Crippen LogP contribution is 2.23. The number of nitro groups is 1. The molecule has 0 fully saturated rings. The van der Waals surface area contributed by atoms with Gasteiger partial charge in [0.15, 0.2) is 4.80 Å². The average Bonchev–Trinajstić information content (AvgIpc) is 3.03. The van der Waals surface area contributed by atoms with Gasteiger partial charge in [0.2, 0.25) is 0 Å². The number of thiazole rings is 1. The van der Waals surface area contributed by atoms with Gasteiger partial charge < -0.3 is 4.57 Å². The highest BCUT2D eigenvalue weighted by molar-refractivity contribution is 7.16. The quantitative estimate of drug-likeness (QED) is 0.381. The van der Waals surface area contributed by atoms with Gasteiger partial charge in [0.25, 0.3) is 11.6 Å². The highest BCUT2D eigenvalue weighted by Gasteiger charge is 2.11. The fourth-order valence-electron chi connectivity index (χ4n) is 2.93. The van der Waals surface area contributed by atoms with Crippen molar-refractivity contribution >= 4 is 33.1 Å². The summed E-state index contributed by atoms with van der Waals surface area (Å²) in [6.45, 7) is 0. The normalized spacial score (nSPS) is 11.7. The van der Waals surface area contributed by atoms with E-state index in [9.17, 15) is 14.9 Å². The lowest BCUT2D eigenvalue weighted by Crippen LogP contribution is -2.13. The van der Waals surface area contributed by atoms with Crippen molar-refractivity contribution in [2.75, 3.05) is 0 Å². The van der Waals surface area contributed by atoms with E-state index in [-0.39, 0.29) is 11.6 Å². The van der Waals surface area contributed by atoms with Crippen molar-refractivity contribution < 1.29 is 9.72 Å². The summed E-state index contributed by atoms with van der Waals surface area (Å²) in [6, 6.07) is 21.8. The van der Waals surface area contributed by atoms with E-state index in [1.807, 2.05) is 42.5 Å². The molecule has 0 N–H and O–H groups in total. The van der Waals surface area contributed by atoms with E-state index in [1.54, 1.807) is 29.8 Å². The predicted molar refractivity (Wildman–Crippen MR) is 109 cm³/mol. The van der Waals surface area contributed by atoms with E-state index in [1.165, 1.54) is 23.5 Å². The number of nitrogens with zero attached hydrogens (tertiary/aromatic N) is 3. The van der Waals surface area contributed by atoms with E-state index in [0.29, 0.717) is 15.1 Å². The number of nitro benzene ring substituents is 1. The first-order valence-electron chi connectivity index (χ1n) is 8.51. The lowest BCUT2D eigenvalue weighted by atomic mass is 10.0. The molecule has 0 atom stereocenters. The second kappa shape index (κ2) is 7.21. The summed E-state index contributed by atoms with van der Waals surface area (Å²) in [5.41, 5.74) is 3.40. The molecule has 0 aliphatic rings. The maximum atomic E-state index is 12.6. The van der Waals surface area contributed by atoms with Gasteiger partial charge in [-0.15, -0.1) is 0 Å². The SMILES string of the molecule is Cn1c(=NC(=O)c2ccc(-c3ccccc3)cc2)sc2cc([N+](=O)[O-])ccc21. The van der Waals surface area contributed by atoms with Gasteiger partial charge in [-0.3, -0.25) is 14.9 Å². The summed E-state index contributed by atoms with van der Waals surface area (Å²) in [5.74, 6) is -0.351. The van der Waals surface area contributed by atoms with Gasteiger partial charge in [0, 0.05) is 24.7 Å². The minimum Gasteiger partial charge on any atom is -0.319 e. The number of carbonyl (C=O) groups is 1. The molecule has 3 aromatic carbocycles.